The number of hydrogen-bond donors (Lipinski definition) is 2. The molecule has 2 N–H and O–H groups in total. The summed E-state index contributed by atoms with van der Waals surface area (Å²) in [5.41, 5.74) is 2.81. The minimum atomic E-state index is -0.748. The molecule has 1 atom stereocenters. The molecule has 0 heterocycles. The molecule has 4 nitrogen and oxygen atoms in total. The topological polar surface area (TPSA) is 66.4 Å². The zero-order valence-corrected chi connectivity index (χ0v) is 12.7. The molecule has 0 saturated heterocycles. The first-order chi connectivity index (χ1) is 10.5. The molecule has 22 heavy (non-hydrogen) atoms. The zero-order chi connectivity index (χ0) is 16.1. The van der Waals surface area contributed by atoms with Gasteiger partial charge in [0, 0.05) is 17.7 Å². The van der Waals surface area contributed by atoms with Crippen molar-refractivity contribution in [3.8, 4) is 0 Å². The summed E-state index contributed by atoms with van der Waals surface area (Å²) in [5.74, 6) is -0.315. The molecule has 1 unspecified atom stereocenters. The van der Waals surface area contributed by atoms with Crippen LogP contribution in [0.2, 0.25) is 0 Å². The maximum absolute atomic E-state index is 12.0. The van der Waals surface area contributed by atoms with Gasteiger partial charge in [-0.2, -0.15) is 0 Å². The summed E-state index contributed by atoms with van der Waals surface area (Å²) in [6.07, 6.45) is -0.748. The Bertz CT molecular complexity index is 677. The van der Waals surface area contributed by atoms with Crippen LogP contribution in [0.5, 0.6) is 0 Å². The van der Waals surface area contributed by atoms with Crippen molar-refractivity contribution in [3.63, 3.8) is 0 Å². The number of benzene rings is 2. The van der Waals surface area contributed by atoms with Gasteiger partial charge in [0.1, 0.15) is 0 Å². The molecule has 0 saturated carbocycles. The smallest absolute Gasteiger partial charge is 0.251 e. The molecule has 0 bridgehead atoms. The van der Waals surface area contributed by atoms with E-state index < -0.39 is 6.10 Å². The monoisotopic (exact) mass is 297 g/mol. The van der Waals surface area contributed by atoms with E-state index in [1.807, 2.05) is 31.2 Å². The first-order valence-electron chi connectivity index (χ1n) is 7.12. The van der Waals surface area contributed by atoms with Crippen LogP contribution in [-0.4, -0.2) is 23.3 Å². The molecule has 0 aliphatic carbocycles. The summed E-state index contributed by atoms with van der Waals surface area (Å²) in [6.45, 7) is 3.53. The van der Waals surface area contributed by atoms with Gasteiger partial charge in [-0.3, -0.25) is 9.59 Å². The number of aliphatic hydroxyl groups excluding tert-OH is 1. The molecule has 1 amide bonds. The number of hydrogen-bond acceptors (Lipinski definition) is 3. The summed E-state index contributed by atoms with van der Waals surface area (Å²) in [5, 5.41) is 12.9. The van der Waals surface area contributed by atoms with Crippen molar-refractivity contribution in [3.05, 3.63) is 70.8 Å². The minimum absolute atomic E-state index is 0.0399. The number of ketones is 1. The molecule has 0 spiro atoms. The fourth-order valence-corrected chi connectivity index (χ4v) is 2.22. The predicted molar refractivity (Wildman–Crippen MR) is 84.9 cm³/mol. The van der Waals surface area contributed by atoms with Gasteiger partial charge in [-0.15, -0.1) is 0 Å². The van der Waals surface area contributed by atoms with E-state index in [1.165, 1.54) is 6.92 Å². The highest BCUT2D eigenvalue weighted by Gasteiger charge is 2.12. The van der Waals surface area contributed by atoms with Crippen molar-refractivity contribution in [2.75, 3.05) is 6.54 Å². The standard InChI is InChI=1S/C18H19NO3/c1-12-5-3-4-6-16(12)17(21)11-19-18(22)15-9-7-14(8-10-15)13(2)20/h3-10,17,21H,11H2,1-2H3,(H,19,22). The van der Waals surface area contributed by atoms with Crippen LogP contribution in [0.25, 0.3) is 0 Å². The highest BCUT2D eigenvalue weighted by atomic mass is 16.3. The number of carbonyl (C=O) groups excluding carboxylic acids is 2. The SMILES string of the molecule is CC(=O)c1ccc(C(=O)NCC(O)c2ccccc2C)cc1. The fraction of sp³-hybridized carbons (Fsp3) is 0.222. The molecular weight excluding hydrogens is 278 g/mol. The maximum Gasteiger partial charge on any atom is 0.251 e. The molecule has 114 valence electrons. The van der Waals surface area contributed by atoms with Crippen LogP contribution in [0.3, 0.4) is 0 Å². The Kier molecular flexibility index (Phi) is 5.07. The molecule has 4 heteroatoms. The number of Topliss-reactive ketones (excluding diaryl/α,β-unsaturated/α-hetero) is 1. The Labute approximate surface area is 129 Å². The quantitative estimate of drug-likeness (QED) is 0.834. The van der Waals surface area contributed by atoms with Crippen LogP contribution in [0, 0.1) is 6.92 Å². The van der Waals surface area contributed by atoms with E-state index in [0.717, 1.165) is 11.1 Å². The average Bonchev–Trinajstić information content (AvgIpc) is 2.52. The number of aliphatic hydroxyl groups is 1. The van der Waals surface area contributed by atoms with E-state index >= 15 is 0 Å². The summed E-state index contributed by atoms with van der Waals surface area (Å²) >= 11 is 0. The number of aryl methyl sites for hydroxylation is 1. The molecule has 2 rings (SSSR count). The van der Waals surface area contributed by atoms with Gasteiger partial charge >= 0.3 is 0 Å². The first kappa shape index (κ1) is 15.9. The lowest BCUT2D eigenvalue weighted by Gasteiger charge is -2.14. The van der Waals surface area contributed by atoms with Crippen LogP contribution < -0.4 is 5.32 Å². The average molecular weight is 297 g/mol. The van der Waals surface area contributed by atoms with Crippen LogP contribution in [0.15, 0.2) is 48.5 Å². The minimum Gasteiger partial charge on any atom is -0.387 e. The van der Waals surface area contributed by atoms with Crippen LogP contribution >= 0.6 is 0 Å². The lowest BCUT2D eigenvalue weighted by atomic mass is 10.0. The van der Waals surface area contributed by atoms with Crippen molar-refractivity contribution in [1.29, 1.82) is 0 Å². The number of rotatable bonds is 5. The second-order valence-electron chi connectivity index (χ2n) is 5.22. The van der Waals surface area contributed by atoms with E-state index in [1.54, 1.807) is 24.3 Å². The Morgan fingerprint density at radius 2 is 1.64 bits per heavy atom. The van der Waals surface area contributed by atoms with Crippen molar-refractivity contribution >= 4 is 11.7 Å². The van der Waals surface area contributed by atoms with E-state index in [-0.39, 0.29) is 18.2 Å². The van der Waals surface area contributed by atoms with Crippen LogP contribution in [-0.2, 0) is 0 Å². The van der Waals surface area contributed by atoms with Crippen molar-refractivity contribution in [2.24, 2.45) is 0 Å². The number of carbonyl (C=O) groups is 2. The Hall–Kier alpha value is -2.46. The summed E-state index contributed by atoms with van der Waals surface area (Å²) in [4.78, 5) is 23.2. The highest BCUT2D eigenvalue weighted by Crippen LogP contribution is 2.16. The molecule has 0 aromatic heterocycles. The van der Waals surface area contributed by atoms with E-state index in [0.29, 0.717) is 11.1 Å². The molecule has 2 aromatic carbocycles. The highest BCUT2D eigenvalue weighted by molar-refractivity contribution is 5.97. The van der Waals surface area contributed by atoms with Crippen molar-refractivity contribution in [1.82, 2.24) is 5.32 Å². The van der Waals surface area contributed by atoms with Crippen molar-refractivity contribution in [2.45, 2.75) is 20.0 Å². The number of amides is 1. The fourth-order valence-electron chi connectivity index (χ4n) is 2.22. The van der Waals surface area contributed by atoms with Gasteiger partial charge in [0.2, 0.25) is 0 Å². The maximum atomic E-state index is 12.0. The van der Waals surface area contributed by atoms with Gasteiger partial charge in [0.05, 0.1) is 6.10 Å². The third kappa shape index (κ3) is 3.80. The molecule has 0 radical (unpaired) electrons. The van der Waals surface area contributed by atoms with Gasteiger partial charge in [0.15, 0.2) is 5.78 Å². The summed E-state index contributed by atoms with van der Waals surface area (Å²) in [6, 6.07) is 14.0. The molecule has 2 aromatic rings. The Balaban J connectivity index is 1.98. The van der Waals surface area contributed by atoms with Crippen molar-refractivity contribution < 1.29 is 14.7 Å². The van der Waals surface area contributed by atoms with Gasteiger partial charge in [-0.05, 0) is 37.1 Å². The molecular formula is C18H19NO3. The normalized spacial score (nSPS) is 11.8. The van der Waals surface area contributed by atoms with Gasteiger partial charge in [-0.1, -0.05) is 36.4 Å². The van der Waals surface area contributed by atoms with E-state index in [9.17, 15) is 14.7 Å². The van der Waals surface area contributed by atoms with Gasteiger partial charge < -0.3 is 10.4 Å². The van der Waals surface area contributed by atoms with E-state index in [4.69, 9.17) is 0 Å². The second kappa shape index (κ2) is 7.00. The Morgan fingerprint density at radius 3 is 2.23 bits per heavy atom. The molecule has 0 fully saturated rings. The molecule has 0 aliphatic heterocycles. The van der Waals surface area contributed by atoms with Gasteiger partial charge in [-0.25, -0.2) is 0 Å². The lowest BCUT2D eigenvalue weighted by Crippen LogP contribution is -2.28. The third-order valence-corrected chi connectivity index (χ3v) is 3.56. The predicted octanol–water partition coefficient (Wildman–Crippen LogP) is 2.66. The first-order valence-corrected chi connectivity index (χ1v) is 7.12. The van der Waals surface area contributed by atoms with Crippen LogP contribution in [0.4, 0.5) is 0 Å². The van der Waals surface area contributed by atoms with E-state index in [2.05, 4.69) is 5.32 Å². The third-order valence-electron chi connectivity index (χ3n) is 3.56. The molecule has 0 aliphatic rings. The largest absolute Gasteiger partial charge is 0.387 e. The lowest BCUT2D eigenvalue weighted by molar-refractivity contribution is 0.0915. The Morgan fingerprint density at radius 1 is 1.05 bits per heavy atom. The van der Waals surface area contributed by atoms with Crippen LogP contribution in [0.1, 0.15) is 44.9 Å². The van der Waals surface area contributed by atoms with Gasteiger partial charge in [0.25, 0.3) is 5.91 Å². The summed E-state index contributed by atoms with van der Waals surface area (Å²) < 4.78 is 0. The number of nitrogens with one attached hydrogen (secondary N) is 1. The zero-order valence-electron chi connectivity index (χ0n) is 12.7. The second-order valence-corrected chi connectivity index (χ2v) is 5.22. The summed E-state index contributed by atoms with van der Waals surface area (Å²) in [7, 11) is 0.